The van der Waals surface area contributed by atoms with Gasteiger partial charge in [0.05, 0.1) is 0 Å². The van der Waals surface area contributed by atoms with Gasteiger partial charge < -0.3 is 5.11 Å². The SMILES string of the molecule is CCCc1c(F)cc(/C=C/C(=O)O)cc1F. The fourth-order valence-corrected chi connectivity index (χ4v) is 1.38. The maximum Gasteiger partial charge on any atom is 0.328 e. The highest BCUT2D eigenvalue weighted by molar-refractivity contribution is 5.85. The maximum absolute atomic E-state index is 13.4. The Morgan fingerprint density at radius 2 is 1.94 bits per heavy atom. The molecule has 0 fully saturated rings. The molecule has 0 aliphatic rings. The number of rotatable bonds is 4. The Hall–Kier alpha value is -1.71. The lowest BCUT2D eigenvalue weighted by molar-refractivity contribution is -0.131. The minimum Gasteiger partial charge on any atom is -0.478 e. The zero-order valence-corrected chi connectivity index (χ0v) is 8.84. The molecule has 2 nitrogen and oxygen atoms in total. The average molecular weight is 226 g/mol. The summed E-state index contributed by atoms with van der Waals surface area (Å²) in [6.45, 7) is 1.83. The first kappa shape index (κ1) is 12.4. The van der Waals surface area contributed by atoms with Crippen molar-refractivity contribution >= 4 is 12.0 Å². The number of halogens is 2. The van der Waals surface area contributed by atoms with Crippen LogP contribution in [0.25, 0.3) is 6.08 Å². The van der Waals surface area contributed by atoms with Crippen molar-refractivity contribution in [1.29, 1.82) is 0 Å². The predicted molar refractivity (Wildman–Crippen MR) is 57.0 cm³/mol. The van der Waals surface area contributed by atoms with E-state index in [1.54, 1.807) is 0 Å². The Labute approximate surface area is 92.2 Å². The summed E-state index contributed by atoms with van der Waals surface area (Å²) in [5.41, 5.74) is 0.257. The van der Waals surface area contributed by atoms with Crippen LogP contribution in [0.15, 0.2) is 18.2 Å². The third kappa shape index (κ3) is 3.15. The van der Waals surface area contributed by atoms with Gasteiger partial charge in [-0.3, -0.25) is 0 Å². The summed E-state index contributed by atoms with van der Waals surface area (Å²) in [6.07, 6.45) is 2.98. The zero-order valence-electron chi connectivity index (χ0n) is 8.84. The van der Waals surface area contributed by atoms with E-state index in [0.717, 1.165) is 24.3 Å². The van der Waals surface area contributed by atoms with Crippen LogP contribution in [0.5, 0.6) is 0 Å². The van der Waals surface area contributed by atoms with Gasteiger partial charge in [-0.05, 0) is 30.2 Å². The van der Waals surface area contributed by atoms with E-state index >= 15 is 0 Å². The summed E-state index contributed by atoms with van der Waals surface area (Å²) < 4.78 is 26.8. The van der Waals surface area contributed by atoms with Crippen LogP contribution in [0.4, 0.5) is 8.78 Å². The molecule has 0 saturated carbocycles. The summed E-state index contributed by atoms with van der Waals surface area (Å²) in [4.78, 5) is 10.2. The molecule has 0 spiro atoms. The molecule has 1 aromatic rings. The quantitative estimate of drug-likeness (QED) is 0.801. The fourth-order valence-electron chi connectivity index (χ4n) is 1.38. The summed E-state index contributed by atoms with van der Waals surface area (Å²) in [5.74, 6) is -2.42. The number of carbonyl (C=O) groups is 1. The van der Waals surface area contributed by atoms with Crippen LogP contribution >= 0.6 is 0 Å². The summed E-state index contributed by atoms with van der Waals surface area (Å²) >= 11 is 0. The molecule has 0 heterocycles. The van der Waals surface area contributed by atoms with Gasteiger partial charge in [-0.1, -0.05) is 13.3 Å². The van der Waals surface area contributed by atoms with Gasteiger partial charge in [-0.2, -0.15) is 0 Å². The number of aliphatic carboxylic acids is 1. The Balaban J connectivity index is 3.04. The predicted octanol–water partition coefficient (Wildman–Crippen LogP) is 3.02. The molecule has 86 valence electrons. The van der Waals surface area contributed by atoms with Gasteiger partial charge in [0.25, 0.3) is 0 Å². The van der Waals surface area contributed by atoms with E-state index in [1.807, 2.05) is 6.92 Å². The number of hydrogen-bond acceptors (Lipinski definition) is 1. The Morgan fingerprint density at radius 1 is 1.38 bits per heavy atom. The molecule has 0 atom stereocenters. The lowest BCUT2D eigenvalue weighted by Gasteiger charge is -2.04. The molecule has 1 N–H and O–H groups in total. The van der Waals surface area contributed by atoms with Crippen LogP contribution in [0.3, 0.4) is 0 Å². The van der Waals surface area contributed by atoms with Crippen molar-refractivity contribution in [2.45, 2.75) is 19.8 Å². The number of carboxylic acid groups (broad SMARTS) is 1. The molecule has 0 unspecified atom stereocenters. The van der Waals surface area contributed by atoms with E-state index in [2.05, 4.69) is 0 Å². The van der Waals surface area contributed by atoms with E-state index in [4.69, 9.17) is 5.11 Å². The van der Waals surface area contributed by atoms with Crippen molar-refractivity contribution in [2.24, 2.45) is 0 Å². The lowest BCUT2D eigenvalue weighted by Crippen LogP contribution is -1.96. The van der Waals surface area contributed by atoms with Crippen LogP contribution in [-0.4, -0.2) is 11.1 Å². The Morgan fingerprint density at radius 3 is 2.38 bits per heavy atom. The molecular formula is C12H12F2O2. The molecule has 0 radical (unpaired) electrons. The van der Waals surface area contributed by atoms with Crippen LogP contribution in [-0.2, 0) is 11.2 Å². The van der Waals surface area contributed by atoms with Crippen LogP contribution in [0.2, 0.25) is 0 Å². The Kier molecular flexibility index (Phi) is 4.17. The van der Waals surface area contributed by atoms with Crippen LogP contribution in [0, 0.1) is 11.6 Å². The monoisotopic (exact) mass is 226 g/mol. The lowest BCUT2D eigenvalue weighted by atomic mass is 10.1. The Bertz CT molecular complexity index is 402. The van der Waals surface area contributed by atoms with Crippen molar-refractivity contribution < 1.29 is 18.7 Å². The van der Waals surface area contributed by atoms with Crippen molar-refractivity contribution in [3.05, 3.63) is 41.0 Å². The van der Waals surface area contributed by atoms with E-state index < -0.39 is 17.6 Å². The second-order valence-corrected chi connectivity index (χ2v) is 3.38. The molecule has 0 amide bonds. The molecule has 4 heteroatoms. The van der Waals surface area contributed by atoms with Gasteiger partial charge in [-0.25, -0.2) is 13.6 Å². The minimum absolute atomic E-state index is 0.0509. The molecule has 1 aromatic carbocycles. The molecule has 0 saturated heterocycles. The van der Waals surface area contributed by atoms with Crippen molar-refractivity contribution in [1.82, 2.24) is 0 Å². The fraction of sp³-hybridized carbons (Fsp3) is 0.250. The second-order valence-electron chi connectivity index (χ2n) is 3.38. The van der Waals surface area contributed by atoms with E-state index in [1.165, 1.54) is 0 Å². The first-order valence-electron chi connectivity index (χ1n) is 4.93. The normalized spacial score (nSPS) is 10.9. The van der Waals surface area contributed by atoms with Crippen molar-refractivity contribution in [3.8, 4) is 0 Å². The maximum atomic E-state index is 13.4. The average Bonchev–Trinajstić information content (AvgIpc) is 2.20. The van der Waals surface area contributed by atoms with E-state index in [-0.39, 0.29) is 11.1 Å². The third-order valence-electron chi connectivity index (χ3n) is 2.08. The highest BCUT2D eigenvalue weighted by atomic mass is 19.1. The van der Waals surface area contributed by atoms with Crippen LogP contribution < -0.4 is 0 Å². The third-order valence-corrected chi connectivity index (χ3v) is 2.08. The first-order chi connectivity index (χ1) is 7.54. The minimum atomic E-state index is -1.15. The number of carboxylic acids is 1. The zero-order chi connectivity index (χ0) is 12.1. The second kappa shape index (κ2) is 5.39. The molecule has 1 rings (SSSR count). The largest absolute Gasteiger partial charge is 0.478 e. The van der Waals surface area contributed by atoms with Gasteiger partial charge in [0, 0.05) is 11.6 Å². The molecular weight excluding hydrogens is 214 g/mol. The standard InChI is InChI=1S/C12H12F2O2/c1-2-3-9-10(13)6-8(7-11(9)14)4-5-12(15)16/h4-7H,2-3H2,1H3,(H,15,16)/b5-4+. The molecule has 16 heavy (non-hydrogen) atoms. The molecule has 0 aliphatic heterocycles. The van der Waals surface area contributed by atoms with Gasteiger partial charge in [0.2, 0.25) is 0 Å². The van der Waals surface area contributed by atoms with Crippen molar-refractivity contribution in [3.63, 3.8) is 0 Å². The summed E-state index contributed by atoms with van der Waals surface area (Å²) in [6, 6.07) is 2.26. The van der Waals surface area contributed by atoms with Gasteiger partial charge in [-0.15, -0.1) is 0 Å². The van der Waals surface area contributed by atoms with Gasteiger partial charge in [0.15, 0.2) is 0 Å². The van der Waals surface area contributed by atoms with E-state index in [0.29, 0.717) is 12.8 Å². The van der Waals surface area contributed by atoms with Gasteiger partial charge in [0.1, 0.15) is 11.6 Å². The number of benzene rings is 1. The topological polar surface area (TPSA) is 37.3 Å². The van der Waals surface area contributed by atoms with Gasteiger partial charge >= 0.3 is 5.97 Å². The van der Waals surface area contributed by atoms with E-state index in [9.17, 15) is 13.6 Å². The first-order valence-corrected chi connectivity index (χ1v) is 4.93. The highest BCUT2D eigenvalue weighted by Gasteiger charge is 2.09. The highest BCUT2D eigenvalue weighted by Crippen LogP contribution is 2.18. The summed E-state index contributed by atoms with van der Waals surface area (Å²) in [7, 11) is 0. The van der Waals surface area contributed by atoms with Crippen LogP contribution in [0.1, 0.15) is 24.5 Å². The molecule has 0 aromatic heterocycles. The summed E-state index contributed by atoms with van der Waals surface area (Å²) in [5, 5.41) is 8.38. The molecule has 0 bridgehead atoms. The molecule has 0 aliphatic carbocycles. The number of hydrogen-bond donors (Lipinski definition) is 1. The van der Waals surface area contributed by atoms with Crippen molar-refractivity contribution in [2.75, 3.05) is 0 Å². The smallest absolute Gasteiger partial charge is 0.328 e.